The number of carbonyl (C=O) groups excluding carboxylic acids is 2. The van der Waals surface area contributed by atoms with Crippen molar-refractivity contribution in [2.24, 2.45) is 0 Å². The van der Waals surface area contributed by atoms with Gasteiger partial charge in [-0.2, -0.15) is 0 Å². The van der Waals surface area contributed by atoms with Gasteiger partial charge in [0.25, 0.3) is 0 Å². The van der Waals surface area contributed by atoms with Gasteiger partial charge in [0.2, 0.25) is 5.91 Å². The summed E-state index contributed by atoms with van der Waals surface area (Å²) >= 11 is 0. The standard InChI is InChI=1S/C13H19N3O4/c1-9(2)11-6-10(20-14-11)7-15(3)12(17)8-16-4-5-19-13(16)18/h6,9H,4-5,7-8H2,1-3H3. The van der Waals surface area contributed by atoms with Crippen LogP contribution in [-0.4, -0.2) is 53.7 Å². The molecule has 1 saturated heterocycles. The van der Waals surface area contributed by atoms with Gasteiger partial charge in [-0.1, -0.05) is 19.0 Å². The smallest absolute Gasteiger partial charge is 0.410 e. The molecule has 20 heavy (non-hydrogen) atoms. The molecule has 1 aromatic heterocycles. The number of likely N-dealkylation sites (N-methyl/N-ethyl adjacent to an activating group) is 1. The van der Waals surface area contributed by atoms with E-state index in [0.717, 1.165) is 5.69 Å². The van der Waals surface area contributed by atoms with Crippen LogP contribution in [0.4, 0.5) is 4.79 Å². The summed E-state index contributed by atoms with van der Waals surface area (Å²) in [6.07, 6.45) is -0.437. The summed E-state index contributed by atoms with van der Waals surface area (Å²) in [7, 11) is 1.67. The van der Waals surface area contributed by atoms with Crippen LogP contribution in [0.15, 0.2) is 10.6 Å². The van der Waals surface area contributed by atoms with Gasteiger partial charge in [-0.3, -0.25) is 9.69 Å². The number of carbonyl (C=O) groups is 2. The first-order valence-electron chi connectivity index (χ1n) is 6.58. The van der Waals surface area contributed by atoms with Gasteiger partial charge in [0, 0.05) is 13.1 Å². The van der Waals surface area contributed by atoms with Crippen molar-refractivity contribution in [1.29, 1.82) is 0 Å². The van der Waals surface area contributed by atoms with Crippen LogP contribution < -0.4 is 0 Å². The first-order valence-corrected chi connectivity index (χ1v) is 6.58. The summed E-state index contributed by atoms with van der Waals surface area (Å²) in [5.41, 5.74) is 0.865. The molecular formula is C13H19N3O4. The molecular weight excluding hydrogens is 262 g/mol. The molecule has 0 N–H and O–H groups in total. The zero-order valence-corrected chi connectivity index (χ0v) is 12.0. The number of aromatic nitrogens is 1. The summed E-state index contributed by atoms with van der Waals surface area (Å²) in [4.78, 5) is 26.2. The Labute approximate surface area is 117 Å². The van der Waals surface area contributed by atoms with E-state index < -0.39 is 6.09 Å². The van der Waals surface area contributed by atoms with Gasteiger partial charge in [0.15, 0.2) is 5.76 Å². The summed E-state index contributed by atoms with van der Waals surface area (Å²) in [6, 6.07) is 1.85. The molecule has 1 aliphatic rings. The molecule has 110 valence electrons. The highest BCUT2D eigenvalue weighted by Gasteiger charge is 2.25. The van der Waals surface area contributed by atoms with Gasteiger partial charge < -0.3 is 14.2 Å². The molecule has 2 heterocycles. The Bertz CT molecular complexity index is 498. The van der Waals surface area contributed by atoms with Crippen molar-refractivity contribution < 1.29 is 18.8 Å². The second kappa shape index (κ2) is 5.94. The highest BCUT2D eigenvalue weighted by atomic mass is 16.6. The Morgan fingerprint density at radius 2 is 2.30 bits per heavy atom. The fourth-order valence-electron chi connectivity index (χ4n) is 1.85. The van der Waals surface area contributed by atoms with E-state index in [1.807, 2.05) is 19.9 Å². The fourth-order valence-corrected chi connectivity index (χ4v) is 1.85. The molecule has 2 amide bonds. The minimum atomic E-state index is -0.437. The molecule has 7 nitrogen and oxygen atoms in total. The third kappa shape index (κ3) is 3.28. The minimum absolute atomic E-state index is 0.0283. The summed E-state index contributed by atoms with van der Waals surface area (Å²) in [5, 5.41) is 3.95. The molecule has 0 unspecified atom stereocenters. The highest BCUT2D eigenvalue weighted by Crippen LogP contribution is 2.15. The topological polar surface area (TPSA) is 75.9 Å². The minimum Gasteiger partial charge on any atom is -0.448 e. The predicted molar refractivity (Wildman–Crippen MR) is 70.0 cm³/mol. The van der Waals surface area contributed by atoms with Crippen molar-refractivity contribution in [1.82, 2.24) is 15.0 Å². The van der Waals surface area contributed by atoms with Crippen LogP contribution in [0.5, 0.6) is 0 Å². The van der Waals surface area contributed by atoms with Gasteiger partial charge in [-0.25, -0.2) is 4.79 Å². The lowest BCUT2D eigenvalue weighted by Crippen LogP contribution is -2.38. The van der Waals surface area contributed by atoms with Crippen molar-refractivity contribution in [3.63, 3.8) is 0 Å². The normalized spacial score (nSPS) is 14.8. The fraction of sp³-hybridized carbons (Fsp3) is 0.615. The number of hydrogen-bond acceptors (Lipinski definition) is 5. The number of ether oxygens (including phenoxy) is 1. The van der Waals surface area contributed by atoms with Gasteiger partial charge in [-0.05, 0) is 5.92 Å². The van der Waals surface area contributed by atoms with Crippen LogP contribution in [0.3, 0.4) is 0 Å². The van der Waals surface area contributed by atoms with E-state index >= 15 is 0 Å². The van der Waals surface area contributed by atoms with Crippen LogP contribution in [0, 0.1) is 0 Å². The lowest BCUT2D eigenvalue weighted by Gasteiger charge is -2.18. The van der Waals surface area contributed by atoms with E-state index in [-0.39, 0.29) is 18.4 Å². The lowest BCUT2D eigenvalue weighted by molar-refractivity contribution is -0.131. The number of hydrogen-bond donors (Lipinski definition) is 0. The van der Waals surface area contributed by atoms with Crippen LogP contribution in [-0.2, 0) is 16.1 Å². The summed E-state index contributed by atoms with van der Waals surface area (Å²) < 4.78 is 9.97. The second-order valence-electron chi connectivity index (χ2n) is 5.16. The van der Waals surface area contributed by atoms with E-state index in [1.165, 1.54) is 9.80 Å². The molecule has 0 aromatic carbocycles. The van der Waals surface area contributed by atoms with Crippen molar-refractivity contribution in [2.75, 3.05) is 26.7 Å². The first-order chi connectivity index (χ1) is 9.47. The third-order valence-electron chi connectivity index (χ3n) is 3.16. The molecule has 0 aliphatic carbocycles. The van der Waals surface area contributed by atoms with Crippen molar-refractivity contribution >= 4 is 12.0 Å². The van der Waals surface area contributed by atoms with Gasteiger partial charge in [0.1, 0.15) is 13.2 Å². The summed E-state index contributed by atoms with van der Waals surface area (Å²) in [6.45, 7) is 5.21. The Balaban J connectivity index is 1.88. The van der Waals surface area contributed by atoms with Crippen LogP contribution in [0.1, 0.15) is 31.2 Å². The van der Waals surface area contributed by atoms with Crippen molar-refractivity contribution in [3.05, 3.63) is 17.5 Å². The number of cyclic esters (lactones) is 1. The molecule has 1 aromatic rings. The maximum atomic E-state index is 12.0. The van der Waals surface area contributed by atoms with Crippen LogP contribution in [0.25, 0.3) is 0 Å². The zero-order valence-electron chi connectivity index (χ0n) is 12.0. The summed E-state index contributed by atoms with van der Waals surface area (Å²) in [5.74, 6) is 0.757. The second-order valence-corrected chi connectivity index (χ2v) is 5.16. The molecule has 0 bridgehead atoms. The Kier molecular flexibility index (Phi) is 4.26. The third-order valence-corrected chi connectivity index (χ3v) is 3.16. The Morgan fingerprint density at radius 1 is 1.55 bits per heavy atom. The zero-order chi connectivity index (χ0) is 14.7. The van der Waals surface area contributed by atoms with E-state index in [1.54, 1.807) is 7.05 Å². The maximum absolute atomic E-state index is 12.0. The van der Waals surface area contributed by atoms with E-state index in [4.69, 9.17) is 9.26 Å². The molecule has 0 saturated carbocycles. The molecule has 1 fully saturated rings. The predicted octanol–water partition coefficient (Wildman–Crippen LogP) is 1.21. The Hall–Kier alpha value is -2.05. The van der Waals surface area contributed by atoms with Crippen molar-refractivity contribution in [2.45, 2.75) is 26.3 Å². The first kappa shape index (κ1) is 14.4. The van der Waals surface area contributed by atoms with Gasteiger partial charge >= 0.3 is 6.09 Å². The lowest BCUT2D eigenvalue weighted by atomic mass is 10.1. The van der Waals surface area contributed by atoms with E-state index in [2.05, 4.69) is 5.16 Å². The van der Waals surface area contributed by atoms with Crippen molar-refractivity contribution in [3.8, 4) is 0 Å². The number of amides is 2. The van der Waals surface area contributed by atoms with E-state index in [9.17, 15) is 9.59 Å². The molecule has 0 spiro atoms. The molecule has 0 atom stereocenters. The van der Waals surface area contributed by atoms with Gasteiger partial charge in [-0.15, -0.1) is 0 Å². The number of rotatable bonds is 5. The largest absolute Gasteiger partial charge is 0.448 e. The SMILES string of the molecule is CC(C)c1cc(CN(C)C(=O)CN2CCOC2=O)on1. The molecule has 2 rings (SSSR count). The quantitative estimate of drug-likeness (QED) is 0.810. The molecule has 1 aliphatic heterocycles. The number of nitrogens with zero attached hydrogens (tertiary/aromatic N) is 3. The highest BCUT2D eigenvalue weighted by molar-refractivity contribution is 5.82. The average molecular weight is 281 g/mol. The molecule has 7 heteroatoms. The van der Waals surface area contributed by atoms with E-state index in [0.29, 0.717) is 25.5 Å². The van der Waals surface area contributed by atoms with Gasteiger partial charge in [0.05, 0.1) is 18.8 Å². The molecule has 0 radical (unpaired) electrons. The van der Waals surface area contributed by atoms with Crippen LogP contribution in [0.2, 0.25) is 0 Å². The van der Waals surface area contributed by atoms with Crippen LogP contribution >= 0.6 is 0 Å². The monoisotopic (exact) mass is 281 g/mol. The maximum Gasteiger partial charge on any atom is 0.410 e. The Morgan fingerprint density at radius 3 is 2.85 bits per heavy atom. The average Bonchev–Trinajstić information content (AvgIpc) is 2.99.